The zero-order valence-corrected chi connectivity index (χ0v) is 19.2. The van der Waals surface area contributed by atoms with E-state index in [-0.39, 0.29) is 13.2 Å². The quantitative estimate of drug-likeness (QED) is 0.173. The molecule has 0 N–H and O–H groups in total. The maximum atomic E-state index is 12.4. The van der Waals surface area contributed by atoms with E-state index >= 15 is 0 Å². The van der Waals surface area contributed by atoms with Crippen LogP contribution in [0.15, 0.2) is 65.8 Å². The second kappa shape index (κ2) is 12.5. The van der Waals surface area contributed by atoms with Crippen LogP contribution in [0.5, 0.6) is 0 Å². The Balaban J connectivity index is 1.86. The summed E-state index contributed by atoms with van der Waals surface area (Å²) >= 11 is 0. The van der Waals surface area contributed by atoms with E-state index in [4.69, 9.17) is 23.7 Å². The number of hydrogen-bond acceptors (Lipinski definition) is 9. The Morgan fingerprint density at radius 2 is 1.57 bits per heavy atom. The number of azide groups is 1. The molecule has 3 rings (SSSR count). The Bertz CT molecular complexity index is 1060. The molecule has 1 aliphatic heterocycles. The zero-order chi connectivity index (χ0) is 25.2. The maximum absolute atomic E-state index is 12.4. The molecule has 0 aliphatic carbocycles. The average molecular weight is 483 g/mol. The minimum atomic E-state index is -1.32. The van der Waals surface area contributed by atoms with Crippen molar-refractivity contribution in [1.82, 2.24) is 0 Å². The fraction of sp³-hybridized carbons (Fsp3) is 0.375. The molecule has 0 aromatic heterocycles. The Labute approximate surface area is 201 Å². The number of esters is 3. The third kappa shape index (κ3) is 7.28. The molecule has 5 atom stereocenters. The highest BCUT2D eigenvalue weighted by Gasteiger charge is 2.50. The van der Waals surface area contributed by atoms with Crippen molar-refractivity contribution in [1.29, 1.82) is 0 Å². The molecule has 1 heterocycles. The van der Waals surface area contributed by atoms with Crippen LogP contribution in [0, 0.1) is 0 Å². The van der Waals surface area contributed by atoms with Gasteiger partial charge < -0.3 is 23.7 Å². The van der Waals surface area contributed by atoms with Gasteiger partial charge in [0.15, 0.2) is 0 Å². The monoisotopic (exact) mass is 483 g/mol. The van der Waals surface area contributed by atoms with Crippen LogP contribution in [-0.2, 0) is 39.9 Å². The van der Waals surface area contributed by atoms with Crippen molar-refractivity contribution in [2.75, 3.05) is 6.61 Å². The van der Waals surface area contributed by atoms with Crippen LogP contribution >= 0.6 is 0 Å². The molecule has 0 amide bonds. The van der Waals surface area contributed by atoms with E-state index in [1.165, 1.54) is 13.8 Å². The summed E-state index contributed by atoms with van der Waals surface area (Å²) in [5.41, 5.74) is 10.3. The van der Waals surface area contributed by atoms with Gasteiger partial charge in [-0.1, -0.05) is 53.6 Å². The number of nitrogens with zero attached hydrogens (tertiary/aromatic N) is 3. The highest BCUT2D eigenvalue weighted by Crippen LogP contribution is 2.30. The summed E-state index contributed by atoms with van der Waals surface area (Å²) < 4.78 is 27.9. The third-order valence-electron chi connectivity index (χ3n) is 5.06. The standard InChI is InChI=1S/C24H25N3O8/c1-15(28)33-21-19(14-32-23(30)18-11-7-4-8-12-18)35-24(34-16(2)29)22(20(21)26-27-25)31-13-17-9-5-3-6-10-17/h3-12,19-22,24H,13-14H2,1-2H3/t19?,20-,21-,22?,24+/m0/s1. The Morgan fingerprint density at radius 3 is 2.17 bits per heavy atom. The SMILES string of the molecule is CC(=O)O[C@@H]1OC(COC(=O)c2ccccc2)[C@H](OC(C)=O)[C@H](N=[N+]=[N-])C1OCc1ccccc1. The molecule has 0 spiro atoms. The lowest BCUT2D eigenvalue weighted by Gasteiger charge is -2.43. The van der Waals surface area contributed by atoms with Crippen LogP contribution in [0.2, 0.25) is 0 Å². The normalized spacial score (nSPS) is 23.4. The molecule has 0 bridgehead atoms. The molecule has 11 heteroatoms. The summed E-state index contributed by atoms with van der Waals surface area (Å²) in [7, 11) is 0. The van der Waals surface area contributed by atoms with Gasteiger partial charge in [-0.25, -0.2) is 4.79 Å². The van der Waals surface area contributed by atoms with E-state index in [1.807, 2.05) is 30.3 Å². The molecule has 0 radical (unpaired) electrons. The number of carbonyl (C=O) groups is 3. The van der Waals surface area contributed by atoms with Crippen molar-refractivity contribution in [2.24, 2.45) is 5.11 Å². The number of hydrogen-bond donors (Lipinski definition) is 0. The summed E-state index contributed by atoms with van der Waals surface area (Å²) in [5.74, 6) is -1.99. The van der Waals surface area contributed by atoms with Crippen LogP contribution in [0.3, 0.4) is 0 Å². The predicted molar refractivity (Wildman–Crippen MR) is 121 cm³/mol. The second-order valence-corrected chi connectivity index (χ2v) is 7.65. The molecule has 2 aromatic rings. The Kier molecular flexibility index (Phi) is 9.19. The summed E-state index contributed by atoms with van der Waals surface area (Å²) in [5, 5.41) is 3.77. The predicted octanol–water partition coefficient (Wildman–Crippen LogP) is 3.33. The van der Waals surface area contributed by atoms with Crippen molar-refractivity contribution in [3.63, 3.8) is 0 Å². The first-order valence-electron chi connectivity index (χ1n) is 10.8. The first-order valence-corrected chi connectivity index (χ1v) is 10.8. The van der Waals surface area contributed by atoms with Crippen molar-refractivity contribution in [2.45, 2.75) is 51.1 Å². The van der Waals surface area contributed by atoms with Gasteiger partial charge in [-0.15, -0.1) is 0 Å². The van der Waals surface area contributed by atoms with Gasteiger partial charge in [0, 0.05) is 18.8 Å². The van der Waals surface area contributed by atoms with Crippen LogP contribution < -0.4 is 0 Å². The maximum Gasteiger partial charge on any atom is 0.338 e. The number of ether oxygens (including phenoxy) is 5. The lowest BCUT2D eigenvalue weighted by Crippen LogP contribution is -2.60. The highest BCUT2D eigenvalue weighted by molar-refractivity contribution is 5.89. The van der Waals surface area contributed by atoms with Crippen LogP contribution in [-0.4, -0.2) is 55.2 Å². The van der Waals surface area contributed by atoms with Crippen molar-refractivity contribution >= 4 is 17.9 Å². The third-order valence-corrected chi connectivity index (χ3v) is 5.06. The van der Waals surface area contributed by atoms with E-state index in [9.17, 15) is 19.9 Å². The van der Waals surface area contributed by atoms with E-state index in [0.29, 0.717) is 5.56 Å². The van der Waals surface area contributed by atoms with Crippen LogP contribution in [0.25, 0.3) is 10.4 Å². The van der Waals surface area contributed by atoms with E-state index in [1.54, 1.807) is 30.3 Å². The Hall–Kier alpha value is -3.92. The molecular weight excluding hydrogens is 458 g/mol. The average Bonchev–Trinajstić information content (AvgIpc) is 2.84. The summed E-state index contributed by atoms with van der Waals surface area (Å²) in [6, 6.07) is 16.2. The van der Waals surface area contributed by atoms with E-state index in [0.717, 1.165) is 5.56 Å². The van der Waals surface area contributed by atoms with E-state index in [2.05, 4.69) is 10.0 Å². The first-order chi connectivity index (χ1) is 16.9. The summed E-state index contributed by atoms with van der Waals surface area (Å²) in [6.07, 6.45) is -4.72. The molecule has 1 fully saturated rings. The molecule has 1 aliphatic rings. The number of rotatable bonds is 9. The molecule has 11 nitrogen and oxygen atoms in total. The largest absolute Gasteiger partial charge is 0.459 e. The van der Waals surface area contributed by atoms with Gasteiger partial charge >= 0.3 is 17.9 Å². The lowest BCUT2D eigenvalue weighted by atomic mass is 9.96. The van der Waals surface area contributed by atoms with Gasteiger partial charge in [-0.3, -0.25) is 9.59 Å². The van der Waals surface area contributed by atoms with Crippen molar-refractivity contribution < 1.29 is 38.1 Å². The minimum absolute atomic E-state index is 0.0739. The van der Waals surface area contributed by atoms with Gasteiger partial charge in [0.25, 0.3) is 0 Å². The van der Waals surface area contributed by atoms with E-state index < -0.39 is 48.6 Å². The van der Waals surface area contributed by atoms with Gasteiger partial charge in [-0.05, 0) is 23.2 Å². The molecule has 35 heavy (non-hydrogen) atoms. The second-order valence-electron chi connectivity index (χ2n) is 7.65. The van der Waals surface area contributed by atoms with Gasteiger partial charge in [0.2, 0.25) is 6.29 Å². The lowest BCUT2D eigenvalue weighted by molar-refractivity contribution is -0.280. The Morgan fingerprint density at radius 1 is 0.943 bits per heavy atom. The zero-order valence-electron chi connectivity index (χ0n) is 19.2. The smallest absolute Gasteiger partial charge is 0.338 e. The fourth-order valence-electron chi connectivity index (χ4n) is 3.58. The van der Waals surface area contributed by atoms with Gasteiger partial charge in [0.05, 0.1) is 12.2 Å². The number of benzene rings is 2. The highest BCUT2D eigenvalue weighted by atomic mass is 16.7. The topological polar surface area (TPSA) is 146 Å². The molecule has 0 saturated carbocycles. The van der Waals surface area contributed by atoms with Crippen LogP contribution in [0.1, 0.15) is 29.8 Å². The van der Waals surface area contributed by atoms with Gasteiger partial charge in [-0.2, -0.15) is 0 Å². The first kappa shape index (κ1) is 25.7. The molecule has 2 aromatic carbocycles. The minimum Gasteiger partial charge on any atom is -0.459 e. The van der Waals surface area contributed by atoms with Gasteiger partial charge in [0.1, 0.15) is 31.0 Å². The number of carbonyl (C=O) groups excluding carboxylic acids is 3. The van der Waals surface area contributed by atoms with Crippen LogP contribution in [0.4, 0.5) is 0 Å². The van der Waals surface area contributed by atoms with Crippen molar-refractivity contribution in [3.05, 3.63) is 82.2 Å². The molecule has 184 valence electrons. The molecule has 2 unspecified atom stereocenters. The fourth-order valence-corrected chi connectivity index (χ4v) is 3.58. The summed E-state index contributed by atoms with van der Waals surface area (Å²) in [4.78, 5) is 38.9. The van der Waals surface area contributed by atoms with Crippen molar-refractivity contribution in [3.8, 4) is 0 Å². The summed E-state index contributed by atoms with van der Waals surface area (Å²) in [6.45, 7) is 2.07. The molecular formula is C24H25N3O8. The molecule has 1 saturated heterocycles.